The molecule has 0 atom stereocenters. The summed E-state index contributed by atoms with van der Waals surface area (Å²) in [5.41, 5.74) is 7.97. The predicted molar refractivity (Wildman–Crippen MR) is 131 cm³/mol. The second-order valence-electron chi connectivity index (χ2n) is 8.91. The number of nitriles is 1. The number of fused-ring (bicyclic) bond motifs is 4. The van der Waals surface area contributed by atoms with E-state index < -0.39 is 11.6 Å². The summed E-state index contributed by atoms with van der Waals surface area (Å²) in [6, 6.07) is 2.04. The molecule has 8 nitrogen and oxygen atoms in total. The summed E-state index contributed by atoms with van der Waals surface area (Å²) >= 11 is 0.955. The molecule has 0 unspecified atom stereocenters. The van der Waals surface area contributed by atoms with Crippen molar-refractivity contribution >= 4 is 49.1 Å². The molecule has 1 aromatic carbocycles. The molecule has 35 heavy (non-hydrogen) atoms. The van der Waals surface area contributed by atoms with Gasteiger partial charge in [0.25, 0.3) is 0 Å². The summed E-state index contributed by atoms with van der Waals surface area (Å²) in [5, 5.41) is 10.7. The van der Waals surface area contributed by atoms with Crippen LogP contribution in [0.2, 0.25) is 0 Å². The van der Waals surface area contributed by atoms with E-state index in [1.54, 1.807) is 0 Å². The van der Waals surface area contributed by atoms with Gasteiger partial charge in [-0.25, -0.2) is 13.8 Å². The Hall–Kier alpha value is -3.62. The van der Waals surface area contributed by atoms with Crippen LogP contribution >= 0.6 is 11.3 Å². The van der Waals surface area contributed by atoms with Crippen molar-refractivity contribution in [3.63, 3.8) is 0 Å². The average Bonchev–Trinajstić information content (AvgIpc) is 3.60. The highest BCUT2D eigenvalue weighted by atomic mass is 32.1. The number of rotatable bonds is 3. The van der Waals surface area contributed by atoms with Crippen molar-refractivity contribution < 1.29 is 13.5 Å². The Bertz CT molecular complexity index is 1570. The maximum absolute atomic E-state index is 16.6. The van der Waals surface area contributed by atoms with Gasteiger partial charge in [0.1, 0.15) is 22.4 Å². The van der Waals surface area contributed by atoms with E-state index in [4.69, 9.17) is 15.5 Å². The van der Waals surface area contributed by atoms with Crippen LogP contribution in [0.25, 0.3) is 32.2 Å². The van der Waals surface area contributed by atoms with Crippen molar-refractivity contribution in [3.05, 3.63) is 34.5 Å². The van der Waals surface area contributed by atoms with Crippen LogP contribution < -0.4 is 15.5 Å². The molecule has 178 valence electrons. The van der Waals surface area contributed by atoms with Crippen molar-refractivity contribution in [2.45, 2.75) is 26.1 Å². The van der Waals surface area contributed by atoms with Crippen molar-refractivity contribution in [1.82, 2.24) is 15.0 Å². The van der Waals surface area contributed by atoms with Crippen molar-refractivity contribution in [1.29, 1.82) is 5.26 Å². The van der Waals surface area contributed by atoms with Gasteiger partial charge in [-0.1, -0.05) is 0 Å². The molecule has 2 aliphatic heterocycles. The molecule has 6 rings (SSSR count). The number of nitrogens with two attached hydrogens (primary N) is 1. The van der Waals surface area contributed by atoms with Crippen LogP contribution in [-0.2, 0) is 18.0 Å². The summed E-state index contributed by atoms with van der Waals surface area (Å²) < 4.78 is 37.1. The minimum absolute atomic E-state index is 0.0913. The molecule has 0 amide bonds. The fraction of sp³-hybridized carbons (Fsp3) is 0.333. The number of nitrogen functional groups attached to an aromatic ring is 1. The molecule has 2 aliphatic rings. The Morgan fingerprint density at radius 3 is 2.60 bits per heavy atom. The van der Waals surface area contributed by atoms with Gasteiger partial charge in [-0.3, -0.25) is 4.98 Å². The van der Waals surface area contributed by atoms with Crippen LogP contribution in [0.15, 0.2) is 6.20 Å². The van der Waals surface area contributed by atoms with Crippen molar-refractivity contribution in [3.8, 4) is 17.3 Å². The molecular formula is C24H21F2N7OS. The lowest BCUT2D eigenvalue weighted by molar-refractivity contribution is 0.135. The Morgan fingerprint density at radius 2 is 1.89 bits per heavy atom. The number of hydrogen-bond acceptors (Lipinski definition) is 9. The lowest BCUT2D eigenvalue weighted by atomic mass is 9.93. The molecule has 0 saturated carbocycles. The molecule has 5 heterocycles. The van der Waals surface area contributed by atoms with Crippen molar-refractivity contribution in [2.75, 3.05) is 42.7 Å². The second kappa shape index (κ2) is 7.96. The number of ether oxygens (including phenoxy) is 1. The van der Waals surface area contributed by atoms with Gasteiger partial charge in [-0.2, -0.15) is 10.2 Å². The number of aromatic nitrogens is 3. The molecule has 0 aliphatic carbocycles. The minimum Gasteiger partial charge on any atom is -0.389 e. The van der Waals surface area contributed by atoms with E-state index in [1.165, 1.54) is 0 Å². The molecule has 0 spiro atoms. The van der Waals surface area contributed by atoms with E-state index in [1.807, 2.05) is 25.1 Å². The Balaban J connectivity index is 1.74. The standard InChI is InChI=1S/C24H21F2N7OS/c1-32(2)23-17-13-10-34-9-12(13)15(18(26)20(17)30-24(31-23)33-5-3-4-6-33)19-16-11(7-27)22(28)35-21(16)14(25)8-29-19/h8H,3-6,9-10,28H2,1-2H3. The first kappa shape index (κ1) is 21.9. The summed E-state index contributed by atoms with van der Waals surface area (Å²) in [7, 11) is 3.73. The number of pyridine rings is 1. The highest BCUT2D eigenvalue weighted by molar-refractivity contribution is 7.23. The normalized spacial score (nSPS) is 15.2. The molecule has 11 heteroatoms. The lowest BCUT2D eigenvalue weighted by Crippen LogP contribution is -2.23. The van der Waals surface area contributed by atoms with Gasteiger partial charge in [-0.15, -0.1) is 11.3 Å². The van der Waals surface area contributed by atoms with Gasteiger partial charge in [0.15, 0.2) is 11.6 Å². The summed E-state index contributed by atoms with van der Waals surface area (Å²) in [6.07, 6.45) is 3.10. The Kier molecular flexibility index (Phi) is 4.98. The van der Waals surface area contributed by atoms with E-state index in [-0.39, 0.29) is 50.6 Å². The second-order valence-corrected chi connectivity index (χ2v) is 9.96. The fourth-order valence-electron chi connectivity index (χ4n) is 5.02. The zero-order valence-corrected chi connectivity index (χ0v) is 20.0. The topological polar surface area (TPSA) is 104 Å². The van der Waals surface area contributed by atoms with Crippen LogP contribution in [0.1, 0.15) is 29.5 Å². The SMILES string of the molecule is CN(C)c1nc(N2CCCC2)nc2c(F)c(-c3ncc(F)c4sc(N)c(C#N)c34)c3c(c12)COC3. The third kappa shape index (κ3) is 3.13. The molecule has 4 aromatic rings. The number of nitrogens with zero attached hydrogens (tertiary/aromatic N) is 6. The smallest absolute Gasteiger partial charge is 0.227 e. The first-order valence-electron chi connectivity index (χ1n) is 11.2. The molecule has 0 bridgehead atoms. The molecular weight excluding hydrogens is 472 g/mol. The van der Waals surface area contributed by atoms with Crippen LogP contribution in [0, 0.1) is 23.0 Å². The number of hydrogen-bond donors (Lipinski definition) is 1. The maximum Gasteiger partial charge on any atom is 0.227 e. The Labute approximate surface area is 203 Å². The molecule has 2 N–H and O–H groups in total. The van der Waals surface area contributed by atoms with E-state index in [9.17, 15) is 9.65 Å². The van der Waals surface area contributed by atoms with Gasteiger partial charge in [0.05, 0.1) is 40.8 Å². The predicted octanol–water partition coefficient (Wildman–Crippen LogP) is 4.33. The third-order valence-corrected chi connectivity index (χ3v) is 7.65. The lowest BCUT2D eigenvalue weighted by Gasteiger charge is -2.22. The zero-order valence-electron chi connectivity index (χ0n) is 19.2. The summed E-state index contributed by atoms with van der Waals surface area (Å²) in [6.45, 7) is 2.02. The largest absolute Gasteiger partial charge is 0.389 e. The minimum atomic E-state index is -0.607. The highest BCUT2D eigenvalue weighted by Gasteiger charge is 2.32. The molecule has 0 radical (unpaired) electrons. The van der Waals surface area contributed by atoms with Crippen LogP contribution in [0.4, 0.5) is 25.5 Å². The van der Waals surface area contributed by atoms with Gasteiger partial charge < -0.3 is 20.3 Å². The average molecular weight is 494 g/mol. The van der Waals surface area contributed by atoms with Gasteiger partial charge in [0, 0.05) is 38.1 Å². The Morgan fingerprint density at radius 1 is 1.14 bits per heavy atom. The number of benzene rings is 1. The van der Waals surface area contributed by atoms with Crippen LogP contribution in [-0.4, -0.2) is 42.1 Å². The molecule has 3 aromatic heterocycles. The molecule has 1 saturated heterocycles. The number of halogens is 2. The maximum atomic E-state index is 16.6. The van der Waals surface area contributed by atoms with Gasteiger partial charge in [-0.05, 0) is 24.0 Å². The summed E-state index contributed by atoms with van der Waals surface area (Å²) in [4.78, 5) is 17.6. The zero-order chi connectivity index (χ0) is 24.4. The number of thiophene rings is 1. The van der Waals surface area contributed by atoms with E-state index >= 15 is 4.39 Å². The van der Waals surface area contributed by atoms with Crippen LogP contribution in [0.3, 0.4) is 0 Å². The monoisotopic (exact) mass is 493 g/mol. The van der Waals surface area contributed by atoms with Gasteiger partial charge in [0.2, 0.25) is 5.95 Å². The highest BCUT2D eigenvalue weighted by Crippen LogP contribution is 2.46. The van der Waals surface area contributed by atoms with E-state index in [0.717, 1.165) is 49.0 Å². The summed E-state index contributed by atoms with van der Waals surface area (Å²) in [5.74, 6) is -0.121. The van der Waals surface area contributed by atoms with Crippen molar-refractivity contribution in [2.24, 2.45) is 0 Å². The first-order valence-corrected chi connectivity index (χ1v) is 12.0. The fourth-order valence-corrected chi connectivity index (χ4v) is 5.94. The third-order valence-electron chi connectivity index (χ3n) is 6.62. The van der Waals surface area contributed by atoms with E-state index in [2.05, 4.69) is 14.9 Å². The number of anilines is 3. The van der Waals surface area contributed by atoms with Gasteiger partial charge >= 0.3 is 0 Å². The van der Waals surface area contributed by atoms with E-state index in [0.29, 0.717) is 22.7 Å². The molecule has 1 fully saturated rings. The first-order chi connectivity index (χ1) is 16.9. The quantitative estimate of drug-likeness (QED) is 0.450. The van der Waals surface area contributed by atoms with Crippen LogP contribution in [0.5, 0.6) is 0 Å².